The second kappa shape index (κ2) is 6.22. The Morgan fingerprint density at radius 1 is 1.21 bits per heavy atom. The van der Waals surface area contributed by atoms with Gasteiger partial charge in [-0.2, -0.15) is 0 Å². The van der Waals surface area contributed by atoms with Crippen molar-refractivity contribution in [2.45, 2.75) is 63.8 Å². The first-order chi connectivity index (χ1) is 13.4. The fourth-order valence-electron chi connectivity index (χ4n) is 7.73. The third-order valence-electron chi connectivity index (χ3n) is 9.10. The number of alkyl halides is 1. The highest BCUT2D eigenvalue weighted by molar-refractivity contribution is 6.17. The minimum absolute atomic E-state index is 0.0937. The lowest BCUT2D eigenvalue weighted by Gasteiger charge is -2.44. The van der Waals surface area contributed by atoms with Gasteiger partial charge in [-0.15, -0.1) is 11.6 Å². The molecule has 1 aromatic carbocycles. The monoisotopic (exact) mass is 400 g/mol. The molecule has 1 amide bonds. The van der Waals surface area contributed by atoms with Crippen LogP contribution in [0.25, 0.3) is 0 Å². The van der Waals surface area contributed by atoms with Crippen LogP contribution in [0.2, 0.25) is 0 Å². The van der Waals surface area contributed by atoms with Gasteiger partial charge < -0.3 is 10.6 Å². The van der Waals surface area contributed by atoms with Gasteiger partial charge in [0.05, 0.1) is 5.41 Å². The van der Waals surface area contributed by atoms with Crippen molar-refractivity contribution in [3.63, 3.8) is 0 Å². The molecule has 3 unspecified atom stereocenters. The van der Waals surface area contributed by atoms with Crippen molar-refractivity contribution in [2.75, 3.05) is 19.0 Å². The lowest BCUT2D eigenvalue weighted by atomic mass is 9.65. The maximum atomic E-state index is 13.9. The van der Waals surface area contributed by atoms with E-state index in [4.69, 9.17) is 11.6 Å². The quantitative estimate of drug-likeness (QED) is 0.725. The molecule has 5 fully saturated rings. The minimum atomic E-state index is -0.219. The normalized spacial score (nSPS) is 42.8. The zero-order chi connectivity index (χ0) is 19.6. The summed E-state index contributed by atoms with van der Waals surface area (Å²) in [5.74, 6) is 1.62. The number of carbonyl (C=O) groups is 1. The standard InChI is InChI=1S/C24H33ClN2O/c1-21(2)16-26-11-8-19(21)27-20(28)24-13-18-12-22(24,9-10-25)14-23(18,15-24)17-6-4-3-5-7-17/h3-7,18-19,26H,8-16H2,1-2H3,(H,27,28)/t18?,19?,22-,23+,24?/m1/s1. The number of hydrogen-bond acceptors (Lipinski definition) is 2. The van der Waals surface area contributed by atoms with Crippen molar-refractivity contribution >= 4 is 17.5 Å². The molecule has 0 spiro atoms. The summed E-state index contributed by atoms with van der Waals surface area (Å²) in [6.45, 7) is 6.50. The number of hydrogen-bond donors (Lipinski definition) is 2. The molecule has 152 valence electrons. The molecule has 1 saturated heterocycles. The summed E-state index contributed by atoms with van der Waals surface area (Å²) < 4.78 is 0. The molecule has 3 nitrogen and oxygen atoms in total. The molecule has 6 rings (SSSR count). The Morgan fingerprint density at radius 3 is 2.71 bits per heavy atom. The van der Waals surface area contributed by atoms with E-state index in [0.717, 1.165) is 45.2 Å². The Morgan fingerprint density at radius 2 is 2.00 bits per heavy atom. The Bertz CT molecular complexity index is 780. The van der Waals surface area contributed by atoms with Gasteiger partial charge in [-0.3, -0.25) is 4.79 Å². The molecule has 5 aliphatic rings. The van der Waals surface area contributed by atoms with Crippen molar-refractivity contribution in [1.29, 1.82) is 0 Å². The molecule has 1 heterocycles. The average Bonchev–Trinajstić information content (AvgIpc) is 3.34. The van der Waals surface area contributed by atoms with Crippen LogP contribution in [-0.4, -0.2) is 30.9 Å². The Hall–Kier alpha value is -1.06. The van der Waals surface area contributed by atoms with Crippen LogP contribution < -0.4 is 10.6 Å². The zero-order valence-corrected chi connectivity index (χ0v) is 17.9. The molecule has 1 aliphatic heterocycles. The van der Waals surface area contributed by atoms with Crippen molar-refractivity contribution < 1.29 is 4.79 Å². The van der Waals surface area contributed by atoms with Gasteiger partial charge in [0.15, 0.2) is 0 Å². The van der Waals surface area contributed by atoms with Gasteiger partial charge in [0, 0.05) is 18.5 Å². The first-order valence-electron chi connectivity index (χ1n) is 11.0. The summed E-state index contributed by atoms with van der Waals surface area (Å²) in [5.41, 5.74) is 1.61. The number of halogens is 1. The summed E-state index contributed by atoms with van der Waals surface area (Å²) in [6.07, 6.45) is 6.38. The molecule has 4 aliphatic carbocycles. The fourth-order valence-corrected chi connectivity index (χ4v) is 8.09. The highest BCUT2D eigenvalue weighted by Crippen LogP contribution is 2.82. The summed E-state index contributed by atoms with van der Waals surface area (Å²) in [4.78, 5) is 13.9. The van der Waals surface area contributed by atoms with Crippen LogP contribution in [0.5, 0.6) is 0 Å². The third-order valence-corrected chi connectivity index (χ3v) is 9.28. The SMILES string of the molecule is CC1(C)CNCCC1NC(=O)C12CC3C[C@]1(CCCl)C[C@@]3(c1ccccc1)C2. The van der Waals surface area contributed by atoms with E-state index < -0.39 is 0 Å². The molecular weight excluding hydrogens is 368 g/mol. The predicted octanol–water partition coefficient (Wildman–Crippen LogP) is 4.25. The third kappa shape index (κ3) is 2.35. The van der Waals surface area contributed by atoms with E-state index in [1.54, 1.807) is 0 Å². The number of piperidine rings is 1. The second-order valence-corrected chi connectivity index (χ2v) is 11.1. The lowest BCUT2D eigenvalue weighted by Crippen LogP contribution is -2.58. The number of nitrogens with one attached hydrogen (secondary N) is 2. The topological polar surface area (TPSA) is 41.1 Å². The molecule has 4 bridgehead atoms. The van der Waals surface area contributed by atoms with Crippen LogP contribution in [0.1, 0.15) is 57.9 Å². The summed E-state index contributed by atoms with van der Waals surface area (Å²) >= 11 is 6.31. The van der Waals surface area contributed by atoms with Gasteiger partial charge in [0.25, 0.3) is 0 Å². The van der Waals surface area contributed by atoms with Gasteiger partial charge in [-0.1, -0.05) is 44.2 Å². The zero-order valence-electron chi connectivity index (χ0n) is 17.2. The molecule has 0 aromatic heterocycles. The Labute approximate surface area is 174 Å². The van der Waals surface area contributed by atoms with E-state index in [1.807, 2.05) is 0 Å². The van der Waals surface area contributed by atoms with Crippen LogP contribution in [0, 0.1) is 22.2 Å². The number of benzene rings is 1. The van der Waals surface area contributed by atoms with Gasteiger partial charge in [0.1, 0.15) is 0 Å². The smallest absolute Gasteiger partial charge is 0.227 e. The van der Waals surface area contributed by atoms with Crippen LogP contribution >= 0.6 is 11.6 Å². The second-order valence-electron chi connectivity index (χ2n) is 10.8. The van der Waals surface area contributed by atoms with Gasteiger partial charge >= 0.3 is 0 Å². The van der Waals surface area contributed by atoms with Gasteiger partial charge in [-0.05, 0) is 72.8 Å². The van der Waals surface area contributed by atoms with Crippen LogP contribution in [0.4, 0.5) is 0 Å². The predicted molar refractivity (Wildman–Crippen MR) is 113 cm³/mol. The molecule has 1 aromatic rings. The molecule has 4 heteroatoms. The van der Waals surface area contributed by atoms with Crippen LogP contribution in [0.3, 0.4) is 0 Å². The molecule has 0 radical (unpaired) electrons. The average molecular weight is 401 g/mol. The van der Waals surface area contributed by atoms with E-state index in [0.29, 0.717) is 17.7 Å². The summed E-state index contributed by atoms with van der Waals surface area (Å²) in [5, 5.41) is 7.04. The van der Waals surface area contributed by atoms with Gasteiger partial charge in [-0.25, -0.2) is 0 Å². The van der Waals surface area contributed by atoms with E-state index in [2.05, 4.69) is 54.8 Å². The summed E-state index contributed by atoms with van der Waals surface area (Å²) in [6, 6.07) is 11.3. The highest BCUT2D eigenvalue weighted by atomic mass is 35.5. The minimum Gasteiger partial charge on any atom is -0.352 e. The van der Waals surface area contributed by atoms with Gasteiger partial charge in [0.2, 0.25) is 5.91 Å². The number of rotatable bonds is 5. The molecule has 2 N–H and O–H groups in total. The van der Waals surface area contributed by atoms with Crippen molar-refractivity contribution in [3.05, 3.63) is 35.9 Å². The maximum absolute atomic E-state index is 13.9. The van der Waals surface area contributed by atoms with Crippen molar-refractivity contribution in [1.82, 2.24) is 10.6 Å². The van der Waals surface area contributed by atoms with Crippen LogP contribution in [-0.2, 0) is 10.2 Å². The van der Waals surface area contributed by atoms with E-state index >= 15 is 0 Å². The van der Waals surface area contributed by atoms with E-state index in [1.165, 1.54) is 12.0 Å². The first kappa shape index (κ1) is 18.9. The Kier molecular flexibility index (Phi) is 4.21. The van der Waals surface area contributed by atoms with Crippen molar-refractivity contribution in [3.8, 4) is 0 Å². The number of carbonyl (C=O) groups excluding carboxylic acids is 1. The van der Waals surface area contributed by atoms with Crippen LogP contribution in [0.15, 0.2) is 30.3 Å². The first-order valence-corrected chi connectivity index (χ1v) is 11.5. The lowest BCUT2D eigenvalue weighted by molar-refractivity contribution is -0.137. The summed E-state index contributed by atoms with van der Waals surface area (Å²) in [7, 11) is 0. The fraction of sp³-hybridized carbons (Fsp3) is 0.708. The maximum Gasteiger partial charge on any atom is 0.227 e. The highest BCUT2D eigenvalue weighted by Gasteiger charge is 2.79. The Balaban J connectivity index is 1.48. The van der Waals surface area contributed by atoms with E-state index in [9.17, 15) is 4.79 Å². The number of amides is 1. The molecule has 5 atom stereocenters. The molecule has 4 saturated carbocycles. The largest absolute Gasteiger partial charge is 0.352 e. The van der Waals surface area contributed by atoms with E-state index in [-0.39, 0.29) is 27.7 Å². The molecular formula is C24H33ClN2O. The molecule has 28 heavy (non-hydrogen) atoms. The van der Waals surface area contributed by atoms with Crippen molar-refractivity contribution in [2.24, 2.45) is 22.2 Å².